The van der Waals surface area contributed by atoms with E-state index in [-0.39, 0.29) is 37.7 Å². The average Bonchev–Trinajstić information content (AvgIpc) is 3.02. The molecular formula is C33H44N4O8. The van der Waals surface area contributed by atoms with Crippen LogP contribution in [0.15, 0.2) is 60.7 Å². The third kappa shape index (κ3) is 13.2. The number of benzene rings is 2. The van der Waals surface area contributed by atoms with Gasteiger partial charge in [0.1, 0.15) is 24.7 Å². The number of amides is 4. The molecule has 0 aromatic heterocycles. The van der Waals surface area contributed by atoms with Crippen LogP contribution in [0.5, 0.6) is 0 Å². The average molecular weight is 625 g/mol. The first-order chi connectivity index (χ1) is 21.4. The maximum absolute atomic E-state index is 13.4. The Morgan fingerprint density at radius 2 is 1.38 bits per heavy atom. The van der Waals surface area contributed by atoms with E-state index in [4.69, 9.17) is 15.2 Å². The Hall–Kier alpha value is -4.74. The standard InChI is InChI=1S/C33H44N4O8/c1-5-22(4)29(37-33(43)45-19-23-12-8-6-9-13-23)31(41)35-25(16-17-28(34)39)30(40)36-26(18-21(2)3)32(42)44-20-27(38)24-14-10-7-11-15-24/h6-15,21-22,25-26,29H,5,16-20H2,1-4H3,(H2,34,39)(H,35,41)(H,36,40)(H,37,43). The van der Waals surface area contributed by atoms with E-state index >= 15 is 0 Å². The summed E-state index contributed by atoms with van der Waals surface area (Å²) in [5.41, 5.74) is 6.45. The molecule has 0 aliphatic carbocycles. The molecule has 4 unspecified atom stereocenters. The molecule has 244 valence electrons. The van der Waals surface area contributed by atoms with Crippen LogP contribution < -0.4 is 21.7 Å². The zero-order chi connectivity index (χ0) is 33.4. The smallest absolute Gasteiger partial charge is 0.408 e. The van der Waals surface area contributed by atoms with Crippen molar-refractivity contribution in [3.05, 3.63) is 71.8 Å². The zero-order valence-corrected chi connectivity index (χ0v) is 26.2. The van der Waals surface area contributed by atoms with Crippen molar-refractivity contribution in [1.29, 1.82) is 0 Å². The second kappa shape index (κ2) is 18.8. The number of Topliss-reactive ketones (excluding diaryl/α,β-unsaturated/α-hetero) is 1. The predicted octanol–water partition coefficient (Wildman–Crippen LogP) is 3.03. The Morgan fingerprint density at radius 3 is 1.96 bits per heavy atom. The quantitative estimate of drug-likeness (QED) is 0.144. The summed E-state index contributed by atoms with van der Waals surface area (Å²) in [5, 5.41) is 7.77. The lowest BCUT2D eigenvalue weighted by atomic mass is 9.97. The van der Waals surface area contributed by atoms with Gasteiger partial charge in [-0.15, -0.1) is 0 Å². The first-order valence-corrected chi connectivity index (χ1v) is 15.0. The molecule has 0 spiro atoms. The normalized spacial score (nSPS) is 13.4. The van der Waals surface area contributed by atoms with Crippen molar-refractivity contribution in [3.63, 3.8) is 0 Å². The number of carbonyl (C=O) groups is 6. The van der Waals surface area contributed by atoms with Crippen LogP contribution in [0.25, 0.3) is 0 Å². The SMILES string of the molecule is CCC(C)C(NC(=O)OCc1ccccc1)C(=O)NC(CCC(N)=O)C(=O)NC(CC(C)C)C(=O)OCC(=O)c1ccccc1. The molecule has 0 bridgehead atoms. The van der Waals surface area contributed by atoms with Crippen molar-refractivity contribution >= 4 is 35.6 Å². The van der Waals surface area contributed by atoms with Crippen LogP contribution in [-0.4, -0.2) is 60.3 Å². The predicted molar refractivity (Wildman–Crippen MR) is 166 cm³/mol. The Balaban J connectivity index is 2.13. The summed E-state index contributed by atoms with van der Waals surface area (Å²) in [6.45, 7) is 6.75. The molecule has 0 fully saturated rings. The van der Waals surface area contributed by atoms with Gasteiger partial charge in [0.25, 0.3) is 0 Å². The number of hydrogen-bond donors (Lipinski definition) is 4. The number of primary amides is 1. The number of rotatable bonds is 18. The third-order valence-electron chi connectivity index (χ3n) is 7.04. The minimum Gasteiger partial charge on any atom is -0.456 e. The van der Waals surface area contributed by atoms with Crippen molar-refractivity contribution in [1.82, 2.24) is 16.0 Å². The maximum atomic E-state index is 13.4. The summed E-state index contributed by atoms with van der Waals surface area (Å²) in [6, 6.07) is 13.9. The van der Waals surface area contributed by atoms with Crippen LogP contribution in [0.3, 0.4) is 0 Å². The summed E-state index contributed by atoms with van der Waals surface area (Å²) >= 11 is 0. The van der Waals surface area contributed by atoms with E-state index in [2.05, 4.69) is 16.0 Å². The van der Waals surface area contributed by atoms with Gasteiger partial charge < -0.3 is 31.2 Å². The Kier molecular flexibility index (Phi) is 15.2. The van der Waals surface area contributed by atoms with Gasteiger partial charge in [-0.2, -0.15) is 0 Å². The number of nitrogens with two attached hydrogens (primary N) is 1. The van der Waals surface area contributed by atoms with Crippen LogP contribution >= 0.6 is 0 Å². The molecule has 0 saturated carbocycles. The van der Waals surface area contributed by atoms with Gasteiger partial charge >= 0.3 is 12.1 Å². The van der Waals surface area contributed by atoms with E-state index < -0.39 is 60.3 Å². The van der Waals surface area contributed by atoms with Gasteiger partial charge in [0, 0.05) is 12.0 Å². The molecule has 0 heterocycles. The molecule has 0 aliphatic heterocycles. The lowest BCUT2D eigenvalue weighted by Crippen LogP contribution is -2.57. The highest BCUT2D eigenvalue weighted by molar-refractivity contribution is 5.98. The molecular weight excluding hydrogens is 580 g/mol. The fourth-order valence-corrected chi connectivity index (χ4v) is 4.31. The van der Waals surface area contributed by atoms with Crippen LogP contribution in [0.2, 0.25) is 0 Å². The molecule has 12 heteroatoms. The summed E-state index contributed by atoms with van der Waals surface area (Å²) in [7, 11) is 0. The van der Waals surface area contributed by atoms with Gasteiger partial charge in [0.15, 0.2) is 12.4 Å². The highest BCUT2D eigenvalue weighted by Crippen LogP contribution is 2.12. The monoisotopic (exact) mass is 624 g/mol. The topological polar surface area (TPSA) is 183 Å². The molecule has 5 N–H and O–H groups in total. The highest BCUT2D eigenvalue weighted by Gasteiger charge is 2.33. The van der Waals surface area contributed by atoms with E-state index in [9.17, 15) is 28.8 Å². The van der Waals surface area contributed by atoms with E-state index in [1.54, 1.807) is 61.5 Å². The second-order valence-electron chi connectivity index (χ2n) is 11.2. The summed E-state index contributed by atoms with van der Waals surface area (Å²) in [6.07, 6.45) is -0.509. The fraction of sp³-hybridized carbons (Fsp3) is 0.455. The number of esters is 1. The molecule has 0 aliphatic rings. The Morgan fingerprint density at radius 1 is 0.778 bits per heavy atom. The number of carbonyl (C=O) groups excluding carboxylic acids is 6. The summed E-state index contributed by atoms with van der Waals surface area (Å²) in [5.74, 6) is -3.75. The second-order valence-corrected chi connectivity index (χ2v) is 11.2. The number of hydrogen-bond acceptors (Lipinski definition) is 8. The molecule has 45 heavy (non-hydrogen) atoms. The first kappa shape index (κ1) is 36.5. The van der Waals surface area contributed by atoms with E-state index in [1.165, 1.54) is 0 Å². The highest BCUT2D eigenvalue weighted by atomic mass is 16.5. The third-order valence-corrected chi connectivity index (χ3v) is 7.04. The first-order valence-electron chi connectivity index (χ1n) is 15.0. The molecule has 4 atom stereocenters. The Labute approximate surface area is 263 Å². The minimum absolute atomic E-state index is 0.00452. The van der Waals surface area contributed by atoms with E-state index in [0.717, 1.165) is 5.56 Å². The van der Waals surface area contributed by atoms with Gasteiger partial charge in [-0.1, -0.05) is 94.8 Å². The van der Waals surface area contributed by atoms with Crippen molar-refractivity contribution in [2.75, 3.05) is 6.61 Å². The van der Waals surface area contributed by atoms with Crippen molar-refractivity contribution in [3.8, 4) is 0 Å². The lowest BCUT2D eigenvalue weighted by molar-refractivity contribution is -0.147. The maximum Gasteiger partial charge on any atom is 0.408 e. The molecule has 12 nitrogen and oxygen atoms in total. The molecule has 2 aromatic carbocycles. The van der Waals surface area contributed by atoms with Gasteiger partial charge in [-0.3, -0.25) is 19.2 Å². The van der Waals surface area contributed by atoms with Crippen molar-refractivity contribution in [2.24, 2.45) is 17.6 Å². The van der Waals surface area contributed by atoms with Gasteiger partial charge in [0.2, 0.25) is 17.7 Å². The molecule has 4 amide bonds. The van der Waals surface area contributed by atoms with Crippen molar-refractivity contribution < 1.29 is 38.2 Å². The minimum atomic E-state index is -1.27. The number of ether oxygens (including phenoxy) is 2. The van der Waals surface area contributed by atoms with Gasteiger partial charge in [-0.05, 0) is 30.2 Å². The van der Waals surface area contributed by atoms with Gasteiger partial charge in [0.05, 0.1) is 0 Å². The van der Waals surface area contributed by atoms with Gasteiger partial charge in [-0.25, -0.2) is 9.59 Å². The van der Waals surface area contributed by atoms with Crippen LogP contribution in [0.1, 0.15) is 69.3 Å². The molecule has 0 saturated heterocycles. The van der Waals surface area contributed by atoms with Crippen LogP contribution in [0, 0.1) is 11.8 Å². The Bertz CT molecular complexity index is 1290. The van der Waals surface area contributed by atoms with E-state index in [1.807, 2.05) is 26.8 Å². The van der Waals surface area contributed by atoms with Crippen LogP contribution in [0.4, 0.5) is 4.79 Å². The van der Waals surface area contributed by atoms with Crippen molar-refractivity contribution in [2.45, 2.75) is 78.1 Å². The van der Waals surface area contributed by atoms with Crippen LogP contribution in [-0.2, 0) is 35.3 Å². The summed E-state index contributed by atoms with van der Waals surface area (Å²) < 4.78 is 10.5. The number of ketones is 1. The molecule has 0 radical (unpaired) electrons. The lowest BCUT2D eigenvalue weighted by Gasteiger charge is -2.27. The largest absolute Gasteiger partial charge is 0.456 e. The molecule has 2 aromatic rings. The molecule has 2 rings (SSSR count). The van der Waals surface area contributed by atoms with E-state index in [0.29, 0.717) is 12.0 Å². The zero-order valence-electron chi connectivity index (χ0n) is 26.2. The summed E-state index contributed by atoms with van der Waals surface area (Å²) in [4.78, 5) is 76.4. The number of nitrogens with one attached hydrogen (secondary N) is 3. The fourth-order valence-electron chi connectivity index (χ4n) is 4.31. The number of alkyl carbamates (subject to hydrolysis) is 1.